The summed E-state index contributed by atoms with van der Waals surface area (Å²) in [6.07, 6.45) is 10.1. The Morgan fingerprint density at radius 1 is 1.15 bits per heavy atom. The number of allylic oxidation sites excluding steroid dienone is 6. The zero-order chi connectivity index (χ0) is 18.9. The van der Waals surface area contributed by atoms with E-state index in [9.17, 15) is 4.79 Å². The molecule has 1 heterocycles. The number of nitrogens with zero attached hydrogens (tertiary/aromatic N) is 1. The number of methoxy groups -OCH3 is 2. The largest absolute Gasteiger partial charge is 0.497 e. The van der Waals surface area contributed by atoms with Gasteiger partial charge in [0, 0.05) is 17.2 Å². The van der Waals surface area contributed by atoms with Crippen molar-refractivity contribution in [1.29, 1.82) is 0 Å². The molecular formula is C21H22N2O3. The quantitative estimate of drug-likeness (QED) is 0.567. The SMILES string of the molecule is C=C/C(=C\C=C/C)C(=O)/C=C/c1cc(-c2cc(OC)cc(OC)c2)n[nH]1. The molecule has 26 heavy (non-hydrogen) atoms. The minimum absolute atomic E-state index is 0.128. The molecule has 5 nitrogen and oxygen atoms in total. The molecule has 2 aromatic rings. The number of hydrogen-bond acceptors (Lipinski definition) is 4. The summed E-state index contributed by atoms with van der Waals surface area (Å²) in [6, 6.07) is 7.38. The summed E-state index contributed by atoms with van der Waals surface area (Å²) < 4.78 is 10.6. The third-order valence-electron chi connectivity index (χ3n) is 3.63. The minimum atomic E-state index is -0.128. The second-order valence-electron chi connectivity index (χ2n) is 5.36. The van der Waals surface area contributed by atoms with E-state index in [1.165, 1.54) is 12.2 Å². The van der Waals surface area contributed by atoms with Crippen LogP contribution in [0.25, 0.3) is 17.3 Å². The molecule has 0 fully saturated rings. The molecular weight excluding hydrogens is 328 g/mol. The molecule has 0 aliphatic rings. The van der Waals surface area contributed by atoms with Crippen LogP contribution in [0.3, 0.4) is 0 Å². The highest BCUT2D eigenvalue weighted by Crippen LogP contribution is 2.29. The van der Waals surface area contributed by atoms with E-state index >= 15 is 0 Å². The van der Waals surface area contributed by atoms with Gasteiger partial charge in [0.05, 0.1) is 25.6 Å². The average Bonchev–Trinajstić information content (AvgIpc) is 3.15. The third kappa shape index (κ3) is 4.83. The van der Waals surface area contributed by atoms with Crippen molar-refractivity contribution in [3.05, 3.63) is 72.5 Å². The van der Waals surface area contributed by atoms with Crippen LogP contribution in [-0.4, -0.2) is 30.2 Å². The Morgan fingerprint density at radius 2 is 1.85 bits per heavy atom. The van der Waals surface area contributed by atoms with E-state index in [1.54, 1.807) is 38.5 Å². The Hall–Kier alpha value is -3.34. The number of carbonyl (C=O) groups is 1. The number of ether oxygens (including phenoxy) is 2. The number of aromatic nitrogens is 2. The van der Waals surface area contributed by atoms with Crippen molar-refractivity contribution >= 4 is 11.9 Å². The first-order valence-electron chi connectivity index (χ1n) is 8.08. The van der Waals surface area contributed by atoms with E-state index in [0.717, 1.165) is 11.3 Å². The molecule has 0 bridgehead atoms. The summed E-state index contributed by atoms with van der Waals surface area (Å²) in [5.41, 5.74) is 2.81. The standard InChI is InChI=1S/C21H22N2O3/c1-5-7-8-15(6-2)21(24)10-9-17-13-20(23-22-17)16-11-18(25-3)14-19(12-16)26-4/h5-14H,2H2,1,3-4H3,(H,22,23)/b7-5-,10-9+,15-8+. The van der Waals surface area contributed by atoms with Gasteiger partial charge >= 0.3 is 0 Å². The van der Waals surface area contributed by atoms with Gasteiger partial charge in [0.2, 0.25) is 0 Å². The van der Waals surface area contributed by atoms with E-state index in [0.29, 0.717) is 22.8 Å². The summed E-state index contributed by atoms with van der Waals surface area (Å²) in [6.45, 7) is 5.55. The highest BCUT2D eigenvalue weighted by molar-refractivity contribution is 6.08. The summed E-state index contributed by atoms with van der Waals surface area (Å²) in [5.74, 6) is 1.23. The van der Waals surface area contributed by atoms with Crippen molar-refractivity contribution in [2.75, 3.05) is 14.2 Å². The van der Waals surface area contributed by atoms with Crippen molar-refractivity contribution in [3.8, 4) is 22.8 Å². The lowest BCUT2D eigenvalue weighted by Crippen LogP contribution is -1.94. The number of benzene rings is 1. The fourth-order valence-electron chi connectivity index (χ4n) is 2.24. The third-order valence-corrected chi connectivity index (χ3v) is 3.63. The van der Waals surface area contributed by atoms with Gasteiger partial charge in [0.15, 0.2) is 5.78 Å². The van der Waals surface area contributed by atoms with Crippen molar-refractivity contribution in [1.82, 2.24) is 10.2 Å². The molecule has 1 aromatic carbocycles. The normalized spacial score (nSPS) is 11.9. The van der Waals surface area contributed by atoms with Gasteiger partial charge in [-0.1, -0.05) is 30.9 Å². The molecule has 0 saturated carbocycles. The first-order valence-corrected chi connectivity index (χ1v) is 8.08. The van der Waals surface area contributed by atoms with Crippen LogP contribution in [0, 0.1) is 0 Å². The predicted molar refractivity (Wildman–Crippen MR) is 104 cm³/mol. The van der Waals surface area contributed by atoms with Gasteiger partial charge < -0.3 is 9.47 Å². The van der Waals surface area contributed by atoms with Gasteiger partial charge in [-0.25, -0.2) is 0 Å². The molecule has 2 rings (SSSR count). The maximum atomic E-state index is 12.2. The summed E-state index contributed by atoms with van der Waals surface area (Å²) in [5, 5.41) is 7.19. The second kappa shape index (κ2) is 9.22. The molecule has 0 atom stereocenters. The van der Waals surface area contributed by atoms with Gasteiger partial charge in [0.25, 0.3) is 0 Å². The van der Waals surface area contributed by atoms with Gasteiger partial charge in [-0.3, -0.25) is 9.89 Å². The van der Waals surface area contributed by atoms with Crippen LogP contribution in [-0.2, 0) is 4.79 Å². The monoisotopic (exact) mass is 350 g/mol. The van der Waals surface area contributed by atoms with Crippen LogP contribution < -0.4 is 9.47 Å². The Morgan fingerprint density at radius 3 is 2.42 bits per heavy atom. The maximum absolute atomic E-state index is 12.2. The number of ketones is 1. The van der Waals surface area contributed by atoms with Crippen LogP contribution in [0.2, 0.25) is 0 Å². The Balaban J connectivity index is 2.22. The lowest BCUT2D eigenvalue weighted by molar-refractivity contribution is -0.111. The zero-order valence-electron chi connectivity index (χ0n) is 15.2. The Labute approximate surface area is 153 Å². The fraction of sp³-hybridized carbons (Fsp3) is 0.143. The molecule has 1 aromatic heterocycles. The number of aromatic amines is 1. The molecule has 0 aliphatic carbocycles. The average molecular weight is 350 g/mol. The van der Waals surface area contributed by atoms with E-state index < -0.39 is 0 Å². The Kier molecular flexibility index (Phi) is 6.74. The highest BCUT2D eigenvalue weighted by atomic mass is 16.5. The lowest BCUT2D eigenvalue weighted by atomic mass is 10.1. The predicted octanol–water partition coefficient (Wildman–Crippen LogP) is 4.36. The number of hydrogen-bond donors (Lipinski definition) is 1. The van der Waals surface area contributed by atoms with Gasteiger partial charge in [-0.2, -0.15) is 5.10 Å². The smallest absolute Gasteiger partial charge is 0.185 e. The van der Waals surface area contributed by atoms with Gasteiger partial charge in [-0.05, 0) is 37.3 Å². The fourth-order valence-corrected chi connectivity index (χ4v) is 2.24. The number of H-pyrrole nitrogens is 1. The van der Waals surface area contributed by atoms with E-state index in [1.807, 2.05) is 31.2 Å². The summed E-state index contributed by atoms with van der Waals surface area (Å²) >= 11 is 0. The van der Waals surface area contributed by atoms with Gasteiger partial charge in [0.1, 0.15) is 11.5 Å². The number of nitrogens with one attached hydrogen (secondary N) is 1. The molecule has 0 amide bonds. The van der Waals surface area contributed by atoms with Crippen LogP contribution in [0.4, 0.5) is 0 Å². The van der Waals surface area contributed by atoms with Gasteiger partial charge in [-0.15, -0.1) is 0 Å². The zero-order valence-corrected chi connectivity index (χ0v) is 15.2. The Bertz CT molecular complexity index is 851. The first-order chi connectivity index (χ1) is 12.6. The van der Waals surface area contributed by atoms with E-state index in [4.69, 9.17) is 9.47 Å². The molecule has 0 unspecified atom stereocenters. The number of carbonyl (C=O) groups excluding carboxylic acids is 1. The van der Waals surface area contributed by atoms with Crippen LogP contribution in [0.15, 0.2) is 66.8 Å². The molecule has 0 spiro atoms. The van der Waals surface area contributed by atoms with Crippen molar-refractivity contribution < 1.29 is 14.3 Å². The van der Waals surface area contributed by atoms with Crippen LogP contribution in [0.5, 0.6) is 11.5 Å². The molecule has 1 N–H and O–H groups in total. The lowest BCUT2D eigenvalue weighted by Gasteiger charge is -2.06. The maximum Gasteiger partial charge on any atom is 0.185 e. The van der Waals surface area contributed by atoms with Crippen molar-refractivity contribution in [2.45, 2.75) is 6.92 Å². The topological polar surface area (TPSA) is 64.2 Å². The van der Waals surface area contributed by atoms with E-state index in [2.05, 4.69) is 16.8 Å². The molecule has 0 aliphatic heterocycles. The highest BCUT2D eigenvalue weighted by Gasteiger charge is 2.08. The molecule has 5 heteroatoms. The minimum Gasteiger partial charge on any atom is -0.497 e. The van der Waals surface area contributed by atoms with Crippen molar-refractivity contribution in [3.63, 3.8) is 0 Å². The second-order valence-corrected chi connectivity index (χ2v) is 5.36. The molecule has 134 valence electrons. The van der Waals surface area contributed by atoms with Crippen LogP contribution in [0.1, 0.15) is 12.6 Å². The van der Waals surface area contributed by atoms with Crippen molar-refractivity contribution in [2.24, 2.45) is 0 Å². The summed E-state index contributed by atoms with van der Waals surface area (Å²) in [4.78, 5) is 12.2. The van der Waals surface area contributed by atoms with Crippen LogP contribution >= 0.6 is 0 Å². The first kappa shape index (κ1) is 19.0. The molecule has 0 saturated heterocycles. The molecule has 0 radical (unpaired) electrons. The van der Waals surface area contributed by atoms with E-state index in [-0.39, 0.29) is 5.78 Å². The summed E-state index contributed by atoms with van der Waals surface area (Å²) in [7, 11) is 3.20. The number of rotatable bonds is 8.